The third kappa shape index (κ3) is 4.06. The molecule has 8 heteroatoms. The van der Waals surface area contributed by atoms with Gasteiger partial charge in [0, 0.05) is 6.54 Å². The molecule has 27 heavy (non-hydrogen) atoms. The highest BCUT2D eigenvalue weighted by molar-refractivity contribution is 7.20. The Balaban J connectivity index is 1.86. The van der Waals surface area contributed by atoms with Crippen molar-refractivity contribution in [2.45, 2.75) is 19.9 Å². The summed E-state index contributed by atoms with van der Waals surface area (Å²) in [6, 6.07) is 9.63. The topological polar surface area (TPSA) is 90.3 Å². The molecule has 0 aliphatic carbocycles. The third-order valence-corrected chi connectivity index (χ3v) is 5.36. The zero-order valence-corrected chi connectivity index (χ0v) is 15.8. The maximum Gasteiger partial charge on any atom is 0.307 e. The van der Waals surface area contributed by atoms with Crippen molar-refractivity contribution in [3.63, 3.8) is 0 Å². The first kappa shape index (κ1) is 18.8. The Bertz CT molecular complexity index is 1040. The van der Waals surface area contributed by atoms with Crippen LogP contribution in [0.2, 0.25) is 0 Å². The monoisotopic (exact) mass is 385 g/mol. The van der Waals surface area contributed by atoms with E-state index in [1.807, 2.05) is 30.3 Å². The van der Waals surface area contributed by atoms with Crippen LogP contribution in [0.3, 0.4) is 0 Å². The highest BCUT2D eigenvalue weighted by atomic mass is 32.1. The number of thiophene rings is 1. The average molecular weight is 385 g/mol. The van der Waals surface area contributed by atoms with Crippen LogP contribution in [-0.2, 0) is 16.1 Å². The molecule has 1 aromatic carbocycles. The van der Waals surface area contributed by atoms with Gasteiger partial charge in [-0.2, -0.15) is 0 Å². The molecule has 1 N–H and O–H groups in total. The van der Waals surface area contributed by atoms with Crippen LogP contribution in [0.5, 0.6) is 0 Å². The van der Waals surface area contributed by atoms with E-state index in [-0.39, 0.29) is 24.4 Å². The van der Waals surface area contributed by atoms with Crippen LogP contribution in [0, 0.1) is 6.92 Å². The molecule has 0 saturated carbocycles. The first-order chi connectivity index (χ1) is 13.0. The summed E-state index contributed by atoms with van der Waals surface area (Å²) in [7, 11) is 1.30. The number of carbonyl (C=O) groups excluding carboxylic acids is 2. The van der Waals surface area contributed by atoms with E-state index in [4.69, 9.17) is 0 Å². The molecule has 3 aromatic rings. The molecule has 7 nitrogen and oxygen atoms in total. The van der Waals surface area contributed by atoms with Crippen LogP contribution in [0.1, 0.15) is 27.2 Å². The van der Waals surface area contributed by atoms with Crippen LogP contribution in [0.15, 0.2) is 41.5 Å². The van der Waals surface area contributed by atoms with Crippen molar-refractivity contribution in [2.24, 2.45) is 0 Å². The van der Waals surface area contributed by atoms with E-state index in [1.54, 1.807) is 6.92 Å². The van der Waals surface area contributed by atoms with E-state index in [0.29, 0.717) is 27.2 Å². The second-order valence-electron chi connectivity index (χ2n) is 5.98. The smallest absolute Gasteiger partial charge is 0.307 e. The predicted octanol–water partition coefficient (Wildman–Crippen LogP) is 2.11. The molecule has 0 radical (unpaired) electrons. The van der Waals surface area contributed by atoms with Gasteiger partial charge in [-0.05, 0) is 18.1 Å². The molecular weight excluding hydrogens is 366 g/mol. The van der Waals surface area contributed by atoms with Gasteiger partial charge >= 0.3 is 5.97 Å². The fourth-order valence-corrected chi connectivity index (χ4v) is 3.78. The van der Waals surface area contributed by atoms with Crippen molar-refractivity contribution in [1.29, 1.82) is 0 Å². The van der Waals surface area contributed by atoms with Crippen molar-refractivity contribution < 1.29 is 14.3 Å². The van der Waals surface area contributed by atoms with E-state index in [0.717, 1.165) is 5.56 Å². The van der Waals surface area contributed by atoms with Gasteiger partial charge in [-0.25, -0.2) is 4.98 Å². The minimum absolute atomic E-state index is 0.0916. The second-order valence-corrected chi connectivity index (χ2v) is 6.98. The number of fused-ring (bicyclic) bond motifs is 1. The van der Waals surface area contributed by atoms with Gasteiger partial charge in [0.25, 0.3) is 11.5 Å². The quantitative estimate of drug-likeness (QED) is 0.657. The van der Waals surface area contributed by atoms with Crippen molar-refractivity contribution in [3.8, 4) is 0 Å². The van der Waals surface area contributed by atoms with Gasteiger partial charge in [0.1, 0.15) is 4.83 Å². The first-order valence-electron chi connectivity index (χ1n) is 8.38. The first-order valence-corrected chi connectivity index (χ1v) is 9.20. The lowest BCUT2D eigenvalue weighted by Crippen LogP contribution is -2.26. The molecule has 2 aromatic heterocycles. The van der Waals surface area contributed by atoms with Gasteiger partial charge in [-0.15, -0.1) is 11.3 Å². The number of benzene rings is 1. The molecule has 0 aliphatic heterocycles. The second kappa shape index (κ2) is 8.13. The molecule has 0 saturated heterocycles. The van der Waals surface area contributed by atoms with E-state index >= 15 is 0 Å². The van der Waals surface area contributed by atoms with Crippen LogP contribution in [0.4, 0.5) is 0 Å². The minimum atomic E-state index is -0.395. The molecule has 3 rings (SSSR count). The fourth-order valence-electron chi connectivity index (χ4n) is 2.73. The molecule has 0 unspecified atom stereocenters. The standard InChI is InChI=1S/C19H19N3O4S/c1-12-15-18(27-16(12)17(24)20-9-8-14(23)26-2)21-11-22(19(15)25)10-13-6-4-3-5-7-13/h3-7,11H,8-10H2,1-2H3,(H,20,24). The van der Waals surface area contributed by atoms with Crippen molar-refractivity contribution >= 4 is 33.4 Å². The number of carbonyl (C=O) groups is 2. The lowest BCUT2D eigenvalue weighted by atomic mass is 10.2. The number of methoxy groups -OCH3 is 1. The number of nitrogens with zero attached hydrogens (tertiary/aromatic N) is 2. The summed E-state index contributed by atoms with van der Waals surface area (Å²) in [5.41, 5.74) is 1.42. The zero-order chi connectivity index (χ0) is 19.4. The average Bonchev–Trinajstić information content (AvgIpc) is 3.02. The van der Waals surface area contributed by atoms with Crippen molar-refractivity contribution in [1.82, 2.24) is 14.9 Å². The summed E-state index contributed by atoms with van der Waals surface area (Å²) in [5.74, 6) is -0.720. The highest BCUT2D eigenvalue weighted by Crippen LogP contribution is 2.26. The number of aryl methyl sites for hydroxylation is 1. The number of rotatable bonds is 6. The molecule has 2 heterocycles. The predicted molar refractivity (Wildman–Crippen MR) is 103 cm³/mol. The molecule has 140 valence electrons. The maximum absolute atomic E-state index is 12.9. The summed E-state index contributed by atoms with van der Waals surface area (Å²) < 4.78 is 6.08. The van der Waals surface area contributed by atoms with Crippen LogP contribution in [0.25, 0.3) is 10.2 Å². The Kier molecular flexibility index (Phi) is 5.66. The van der Waals surface area contributed by atoms with E-state index in [2.05, 4.69) is 15.0 Å². The SMILES string of the molecule is COC(=O)CCNC(=O)c1sc2ncn(Cc3ccccc3)c(=O)c2c1C. The van der Waals surface area contributed by atoms with E-state index in [1.165, 1.54) is 29.3 Å². The zero-order valence-electron chi connectivity index (χ0n) is 15.0. The molecule has 0 spiro atoms. The summed E-state index contributed by atoms with van der Waals surface area (Å²) >= 11 is 1.17. The van der Waals surface area contributed by atoms with Gasteiger partial charge in [0.2, 0.25) is 0 Å². The van der Waals surface area contributed by atoms with E-state index in [9.17, 15) is 14.4 Å². The lowest BCUT2D eigenvalue weighted by Gasteiger charge is -2.05. The molecule has 0 aliphatic rings. The summed E-state index contributed by atoms with van der Waals surface area (Å²) in [5, 5.41) is 3.13. The number of hydrogen-bond donors (Lipinski definition) is 1. The fraction of sp³-hybridized carbons (Fsp3) is 0.263. The number of amides is 1. The largest absolute Gasteiger partial charge is 0.469 e. The van der Waals surface area contributed by atoms with Crippen LogP contribution < -0.4 is 10.9 Å². The number of aromatic nitrogens is 2. The molecule has 0 fully saturated rings. The number of esters is 1. The Morgan fingerprint density at radius 2 is 2.00 bits per heavy atom. The van der Waals surface area contributed by atoms with Gasteiger partial charge in [-0.1, -0.05) is 30.3 Å². The summed E-state index contributed by atoms with van der Waals surface area (Å²) in [4.78, 5) is 41.7. The maximum atomic E-state index is 12.9. The molecule has 1 amide bonds. The van der Waals surface area contributed by atoms with E-state index < -0.39 is 5.97 Å². The van der Waals surface area contributed by atoms with Crippen LogP contribution >= 0.6 is 11.3 Å². The third-order valence-electron chi connectivity index (χ3n) is 4.16. The number of ether oxygens (including phenoxy) is 1. The van der Waals surface area contributed by atoms with Gasteiger partial charge < -0.3 is 10.1 Å². The number of nitrogens with one attached hydrogen (secondary N) is 1. The normalized spacial score (nSPS) is 10.7. The summed E-state index contributed by atoms with van der Waals surface area (Å²) in [6.07, 6.45) is 1.60. The van der Waals surface area contributed by atoms with Crippen LogP contribution in [-0.4, -0.2) is 35.1 Å². The summed E-state index contributed by atoms with van der Waals surface area (Å²) in [6.45, 7) is 2.33. The van der Waals surface area contributed by atoms with Crippen molar-refractivity contribution in [3.05, 3.63) is 63.0 Å². The van der Waals surface area contributed by atoms with Crippen molar-refractivity contribution in [2.75, 3.05) is 13.7 Å². The Hall–Kier alpha value is -3.00. The van der Waals surface area contributed by atoms with Gasteiger partial charge in [0.05, 0.1) is 36.7 Å². The lowest BCUT2D eigenvalue weighted by molar-refractivity contribution is -0.140. The molecule has 0 atom stereocenters. The highest BCUT2D eigenvalue weighted by Gasteiger charge is 2.19. The number of hydrogen-bond acceptors (Lipinski definition) is 6. The van der Waals surface area contributed by atoms with Gasteiger partial charge in [-0.3, -0.25) is 19.0 Å². The van der Waals surface area contributed by atoms with Gasteiger partial charge in [0.15, 0.2) is 0 Å². The Labute approximate surface area is 159 Å². The molecule has 0 bridgehead atoms. The minimum Gasteiger partial charge on any atom is -0.469 e. The Morgan fingerprint density at radius 1 is 1.26 bits per heavy atom. The Morgan fingerprint density at radius 3 is 2.70 bits per heavy atom. The molecular formula is C19H19N3O4S.